The van der Waals surface area contributed by atoms with Gasteiger partial charge in [-0.15, -0.1) is 0 Å². The van der Waals surface area contributed by atoms with Crippen molar-refractivity contribution in [3.63, 3.8) is 0 Å². The summed E-state index contributed by atoms with van der Waals surface area (Å²) < 4.78 is 16.7. The molecule has 0 saturated carbocycles. The molecule has 29 heavy (non-hydrogen) atoms. The maximum atomic E-state index is 14.6. The highest BCUT2D eigenvalue weighted by atomic mass is 19.1. The Morgan fingerprint density at radius 1 is 1.00 bits per heavy atom. The number of hydrogen-bond acceptors (Lipinski definition) is 1. The Morgan fingerprint density at radius 3 is 2.41 bits per heavy atom. The highest BCUT2D eigenvalue weighted by Gasteiger charge is 2.33. The fraction of sp³-hybridized carbons (Fsp3) is 0.292. The van der Waals surface area contributed by atoms with Crippen LogP contribution in [-0.2, 0) is 12.0 Å². The average molecular weight is 391 g/mol. The van der Waals surface area contributed by atoms with Crippen molar-refractivity contribution < 1.29 is 9.18 Å². The van der Waals surface area contributed by atoms with E-state index in [1.165, 1.54) is 11.6 Å². The third kappa shape index (κ3) is 3.77. The van der Waals surface area contributed by atoms with Crippen molar-refractivity contribution in [3.05, 3.63) is 89.5 Å². The van der Waals surface area contributed by atoms with E-state index >= 15 is 0 Å². The summed E-state index contributed by atoms with van der Waals surface area (Å²) in [6, 6.07) is 17.8. The number of benzene rings is 2. The third-order valence-electron chi connectivity index (χ3n) is 5.50. The predicted octanol–water partition coefficient (Wildman–Crippen LogP) is 5.56. The van der Waals surface area contributed by atoms with Crippen LogP contribution in [0.4, 0.5) is 14.9 Å². The molecule has 150 valence electrons. The molecule has 0 saturated heterocycles. The molecule has 1 N–H and O–H groups in total. The first-order chi connectivity index (χ1) is 13.8. The monoisotopic (exact) mass is 391 g/mol. The van der Waals surface area contributed by atoms with Crippen molar-refractivity contribution >= 4 is 11.7 Å². The molecule has 0 radical (unpaired) electrons. The van der Waals surface area contributed by atoms with Crippen molar-refractivity contribution in [2.75, 3.05) is 11.9 Å². The normalized spacial score (nSPS) is 16.4. The van der Waals surface area contributed by atoms with Crippen molar-refractivity contribution in [2.24, 2.45) is 0 Å². The van der Waals surface area contributed by atoms with Gasteiger partial charge in [-0.2, -0.15) is 0 Å². The SMILES string of the molecule is CC(C)(C)c1ccc(NC(=O)N2CCn3cccc3[C@H]2c2ccccc2F)cc1. The maximum Gasteiger partial charge on any atom is 0.322 e. The van der Waals surface area contributed by atoms with Crippen LogP contribution in [0.2, 0.25) is 0 Å². The van der Waals surface area contributed by atoms with E-state index in [1.54, 1.807) is 17.0 Å². The smallest absolute Gasteiger partial charge is 0.322 e. The molecule has 4 nitrogen and oxygen atoms in total. The topological polar surface area (TPSA) is 37.3 Å². The highest BCUT2D eigenvalue weighted by Crippen LogP contribution is 2.34. The lowest BCUT2D eigenvalue weighted by Crippen LogP contribution is -2.44. The van der Waals surface area contributed by atoms with Gasteiger partial charge in [-0.1, -0.05) is 51.1 Å². The number of rotatable bonds is 2. The second kappa shape index (κ2) is 7.39. The fourth-order valence-corrected chi connectivity index (χ4v) is 3.88. The molecule has 1 atom stereocenters. The lowest BCUT2D eigenvalue weighted by Gasteiger charge is -2.37. The third-order valence-corrected chi connectivity index (χ3v) is 5.50. The molecule has 5 heteroatoms. The predicted molar refractivity (Wildman–Crippen MR) is 114 cm³/mol. The van der Waals surface area contributed by atoms with E-state index in [-0.39, 0.29) is 17.3 Å². The molecule has 0 bridgehead atoms. The largest absolute Gasteiger partial charge is 0.348 e. The number of nitrogens with one attached hydrogen (secondary N) is 1. The zero-order valence-electron chi connectivity index (χ0n) is 17.0. The van der Waals surface area contributed by atoms with Crippen LogP contribution in [0.1, 0.15) is 43.6 Å². The van der Waals surface area contributed by atoms with Crippen LogP contribution < -0.4 is 5.32 Å². The number of carbonyl (C=O) groups excluding carboxylic acids is 1. The molecule has 1 aromatic heterocycles. The average Bonchev–Trinajstić information content (AvgIpc) is 3.16. The molecule has 2 amide bonds. The Hall–Kier alpha value is -3.08. The van der Waals surface area contributed by atoms with Crippen LogP contribution >= 0.6 is 0 Å². The molecule has 2 aromatic carbocycles. The van der Waals surface area contributed by atoms with Crippen molar-refractivity contribution in [2.45, 2.75) is 38.8 Å². The van der Waals surface area contributed by atoms with Gasteiger partial charge in [-0.25, -0.2) is 9.18 Å². The molecule has 0 unspecified atom stereocenters. The quantitative estimate of drug-likeness (QED) is 0.610. The minimum Gasteiger partial charge on any atom is -0.348 e. The Balaban J connectivity index is 1.62. The summed E-state index contributed by atoms with van der Waals surface area (Å²) in [5.41, 5.74) is 3.41. The summed E-state index contributed by atoms with van der Waals surface area (Å²) in [6.45, 7) is 7.66. The number of amides is 2. The molecule has 4 rings (SSSR count). The van der Waals surface area contributed by atoms with E-state index in [0.29, 0.717) is 18.7 Å². The first-order valence-electron chi connectivity index (χ1n) is 9.92. The zero-order valence-corrected chi connectivity index (χ0v) is 17.0. The number of carbonyl (C=O) groups is 1. The van der Waals surface area contributed by atoms with E-state index in [4.69, 9.17) is 0 Å². The van der Waals surface area contributed by atoms with Gasteiger partial charge in [-0.05, 0) is 41.3 Å². The highest BCUT2D eigenvalue weighted by molar-refractivity contribution is 5.90. The molecule has 0 fully saturated rings. The Bertz CT molecular complexity index is 1020. The van der Waals surface area contributed by atoms with Gasteiger partial charge in [0, 0.05) is 36.2 Å². The van der Waals surface area contributed by atoms with Crippen LogP contribution in [0.15, 0.2) is 66.9 Å². The number of anilines is 1. The van der Waals surface area contributed by atoms with E-state index in [2.05, 4.69) is 30.7 Å². The molecule has 0 spiro atoms. The van der Waals surface area contributed by atoms with Crippen LogP contribution in [-0.4, -0.2) is 22.0 Å². The second-order valence-electron chi connectivity index (χ2n) is 8.50. The Kier molecular flexibility index (Phi) is 4.91. The number of nitrogens with zero attached hydrogens (tertiary/aromatic N) is 2. The summed E-state index contributed by atoms with van der Waals surface area (Å²) >= 11 is 0. The van der Waals surface area contributed by atoms with Crippen LogP contribution in [0, 0.1) is 5.82 Å². The van der Waals surface area contributed by atoms with E-state index in [1.807, 2.05) is 48.7 Å². The van der Waals surface area contributed by atoms with Crippen molar-refractivity contribution in [1.29, 1.82) is 0 Å². The number of halogens is 1. The first-order valence-corrected chi connectivity index (χ1v) is 9.92. The molecule has 2 heterocycles. The Labute approximate surface area is 171 Å². The molecule has 1 aliphatic heterocycles. The first kappa shape index (κ1) is 19.2. The lowest BCUT2D eigenvalue weighted by molar-refractivity contribution is 0.180. The van der Waals surface area contributed by atoms with Gasteiger partial charge in [0.1, 0.15) is 11.9 Å². The minimum atomic E-state index is -0.464. The molecule has 3 aromatic rings. The van der Waals surface area contributed by atoms with Crippen molar-refractivity contribution in [3.8, 4) is 0 Å². The molecular weight excluding hydrogens is 365 g/mol. The number of fused-ring (bicyclic) bond motifs is 1. The standard InChI is InChI=1S/C24H26FN3O/c1-24(2,3)17-10-12-18(13-11-17)26-23(29)28-16-15-27-14-6-9-21(27)22(28)19-7-4-5-8-20(19)25/h4-14,22H,15-16H2,1-3H3,(H,26,29)/t22-/m1/s1. The van der Waals surface area contributed by atoms with E-state index < -0.39 is 6.04 Å². The van der Waals surface area contributed by atoms with Gasteiger partial charge in [0.05, 0.1) is 0 Å². The summed E-state index contributed by atoms with van der Waals surface area (Å²) in [6.07, 6.45) is 1.98. The van der Waals surface area contributed by atoms with Crippen LogP contribution in [0.5, 0.6) is 0 Å². The number of hydrogen-bond donors (Lipinski definition) is 1. The van der Waals surface area contributed by atoms with Gasteiger partial charge in [0.2, 0.25) is 0 Å². The summed E-state index contributed by atoms with van der Waals surface area (Å²) in [4.78, 5) is 14.9. The van der Waals surface area contributed by atoms with Crippen molar-refractivity contribution in [1.82, 2.24) is 9.47 Å². The van der Waals surface area contributed by atoms with Gasteiger partial charge >= 0.3 is 6.03 Å². The second-order valence-corrected chi connectivity index (χ2v) is 8.50. The summed E-state index contributed by atoms with van der Waals surface area (Å²) in [5, 5.41) is 2.99. The van der Waals surface area contributed by atoms with Crippen LogP contribution in [0.3, 0.4) is 0 Å². The van der Waals surface area contributed by atoms with Crippen LogP contribution in [0.25, 0.3) is 0 Å². The summed E-state index contributed by atoms with van der Waals surface area (Å²) in [5.74, 6) is -0.306. The minimum absolute atomic E-state index is 0.0523. The molecule has 1 aliphatic rings. The maximum absolute atomic E-state index is 14.6. The van der Waals surface area contributed by atoms with Gasteiger partial charge in [0.25, 0.3) is 0 Å². The van der Waals surface area contributed by atoms with E-state index in [9.17, 15) is 9.18 Å². The van der Waals surface area contributed by atoms with Gasteiger partial charge in [-0.3, -0.25) is 0 Å². The summed E-state index contributed by atoms with van der Waals surface area (Å²) in [7, 11) is 0. The lowest BCUT2D eigenvalue weighted by atomic mass is 9.87. The Morgan fingerprint density at radius 2 is 1.72 bits per heavy atom. The molecule has 0 aliphatic carbocycles. The fourth-order valence-electron chi connectivity index (χ4n) is 3.88. The zero-order chi connectivity index (χ0) is 20.6. The van der Waals surface area contributed by atoms with E-state index in [0.717, 1.165) is 11.4 Å². The number of aromatic nitrogens is 1. The van der Waals surface area contributed by atoms with Gasteiger partial charge in [0.15, 0.2) is 0 Å². The number of urea groups is 1. The molecular formula is C24H26FN3O. The van der Waals surface area contributed by atoms with Gasteiger partial charge < -0.3 is 14.8 Å².